The Balaban J connectivity index is 7.11. The van der Waals surface area contributed by atoms with E-state index in [0.717, 1.165) is 0 Å². The normalized spacial score (nSPS) is 14.7. The molecular weight excluding hydrogens is 396 g/mol. The molecule has 0 saturated heterocycles. The highest BCUT2D eigenvalue weighted by Crippen LogP contribution is 2.50. The van der Waals surface area contributed by atoms with Gasteiger partial charge in [0, 0.05) is 0 Å². The summed E-state index contributed by atoms with van der Waals surface area (Å²) in [5, 5.41) is 0. The van der Waals surface area contributed by atoms with E-state index in [1.54, 1.807) is 0 Å². The van der Waals surface area contributed by atoms with Crippen molar-refractivity contribution in [1.29, 1.82) is 0 Å². The molecule has 0 aromatic carbocycles. The van der Waals surface area contributed by atoms with Crippen molar-refractivity contribution in [3.8, 4) is 0 Å². The van der Waals surface area contributed by atoms with Crippen LogP contribution in [-0.4, -0.2) is 51.8 Å². The van der Waals surface area contributed by atoms with Gasteiger partial charge >= 0.3 is 0 Å². The molecule has 25 heavy (non-hydrogen) atoms. The largest absolute Gasteiger partial charge is 0.286 e. The molecule has 6 nitrogen and oxygen atoms in total. The van der Waals surface area contributed by atoms with Crippen LogP contribution in [0.1, 0.15) is 48.0 Å². The molecule has 0 aliphatic rings. The van der Waals surface area contributed by atoms with E-state index in [2.05, 4.69) is 0 Å². The Morgan fingerprint density at radius 3 is 1.12 bits per heavy atom. The SMILES string of the molecule is CC[Si](CC)(CC)C(CCS(=O)(=O)O)([Si](CC)(CC)CC)S(=O)(=O)O. The summed E-state index contributed by atoms with van der Waals surface area (Å²) in [4.78, 5) is 0. The van der Waals surface area contributed by atoms with E-state index >= 15 is 0 Å². The Hall–Kier alpha value is 0.254. The summed E-state index contributed by atoms with van der Waals surface area (Å²) >= 11 is 0. The second-order valence-electron chi connectivity index (χ2n) is 7.02. The summed E-state index contributed by atoms with van der Waals surface area (Å²) in [5.41, 5.74) is 0. The lowest BCUT2D eigenvalue weighted by Gasteiger charge is -2.56. The van der Waals surface area contributed by atoms with Crippen molar-refractivity contribution in [1.82, 2.24) is 0 Å². The van der Waals surface area contributed by atoms with Gasteiger partial charge in [-0.25, -0.2) is 0 Å². The van der Waals surface area contributed by atoms with Gasteiger partial charge in [0.2, 0.25) is 0 Å². The molecule has 0 saturated carbocycles. The van der Waals surface area contributed by atoms with Gasteiger partial charge in [0.25, 0.3) is 20.2 Å². The van der Waals surface area contributed by atoms with Gasteiger partial charge < -0.3 is 0 Å². The van der Waals surface area contributed by atoms with Gasteiger partial charge in [-0.2, -0.15) is 16.8 Å². The monoisotopic (exact) mass is 432 g/mol. The van der Waals surface area contributed by atoms with Crippen molar-refractivity contribution in [3.05, 3.63) is 0 Å². The van der Waals surface area contributed by atoms with Crippen molar-refractivity contribution in [2.45, 2.75) is 88.2 Å². The van der Waals surface area contributed by atoms with Gasteiger partial charge in [0.1, 0.15) is 0 Å². The van der Waals surface area contributed by atoms with Gasteiger partial charge in [0.15, 0.2) is 0 Å². The predicted octanol–water partition coefficient (Wildman–Crippen LogP) is 3.99. The molecule has 0 fully saturated rings. The first-order chi connectivity index (χ1) is 11.3. The van der Waals surface area contributed by atoms with Gasteiger partial charge in [0.05, 0.1) is 25.9 Å². The van der Waals surface area contributed by atoms with E-state index in [-0.39, 0.29) is 6.42 Å². The molecule has 152 valence electrons. The van der Waals surface area contributed by atoms with Crippen LogP contribution in [0.4, 0.5) is 0 Å². The first kappa shape index (κ1) is 25.3. The molecule has 0 radical (unpaired) electrons. The molecule has 0 aromatic heterocycles. The summed E-state index contributed by atoms with van der Waals surface area (Å²) in [6.45, 7) is 11.8. The van der Waals surface area contributed by atoms with Crippen LogP contribution in [0.25, 0.3) is 0 Å². The average molecular weight is 433 g/mol. The van der Waals surface area contributed by atoms with E-state index in [4.69, 9.17) is 0 Å². The lowest BCUT2D eigenvalue weighted by Crippen LogP contribution is -2.76. The first-order valence-electron chi connectivity index (χ1n) is 9.24. The third-order valence-electron chi connectivity index (χ3n) is 6.93. The third kappa shape index (κ3) is 4.40. The standard InChI is InChI=1S/C15H36O6S2Si2/c1-7-24(8-2,9-3)15(23(19,20)21,13-14-22(16,17)18)25(10-4,11-5)12-6/h7-14H2,1-6H3,(H,16,17,18)(H,19,20,21). The molecule has 0 rings (SSSR count). The Bertz CT molecular complexity index is 586. The Kier molecular flexibility index (Phi) is 9.05. The first-order valence-corrected chi connectivity index (χ1v) is 17.5. The number of hydrogen-bond donors (Lipinski definition) is 2. The van der Waals surface area contributed by atoms with Crippen LogP contribution in [0.5, 0.6) is 0 Å². The lowest BCUT2D eigenvalue weighted by molar-refractivity contribution is 0.461. The molecule has 10 heteroatoms. The molecule has 0 aliphatic carbocycles. The minimum Gasteiger partial charge on any atom is -0.286 e. The van der Waals surface area contributed by atoms with Crippen LogP contribution < -0.4 is 0 Å². The van der Waals surface area contributed by atoms with Gasteiger partial charge in [-0.15, -0.1) is 0 Å². The van der Waals surface area contributed by atoms with Crippen molar-refractivity contribution in [3.63, 3.8) is 0 Å². The van der Waals surface area contributed by atoms with Crippen LogP contribution in [-0.2, 0) is 20.2 Å². The van der Waals surface area contributed by atoms with Crippen LogP contribution in [0.2, 0.25) is 36.3 Å². The van der Waals surface area contributed by atoms with Crippen molar-refractivity contribution >= 4 is 36.4 Å². The molecule has 0 amide bonds. The molecule has 0 aromatic rings. The second-order valence-corrected chi connectivity index (χ2v) is 22.5. The predicted molar refractivity (Wildman–Crippen MR) is 110 cm³/mol. The van der Waals surface area contributed by atoms with Crippen LogP contribution in [0.15, 0.2) is 0 Å². The van der Waals surface area contributed by atoms with Crippen LogP contribution in [0, 0.1) is 0 Å². The average Bonchev–Trinajstić information content (AvgIpc) is 2.53. The Labute approximate surface area is 156 Å². The zero-order chi connectivity index (χ0) is 20.2. The summed E-state index contributed by atoms with van der Waals surface area (Å²) in [6, 6.07) is 4.00. The molecule has 0 atom stereocenters. The highest BCUT2D eigenvalue weighted by atomic mass is 32.2. The summed E-state index contributed by atoms with van der Waals surface area (Å²) in [6.07, 6.45) is -0.186. The van der Waals surface area contributed by atoms with E-state index in [0.29, 0.717) is 36.3 Å². The third-order valence-corrected chi connectivity index (χ3v) is 28.1. The fourth-order valence-corrected chi connectivity index (χ4v) is 29.1. The highest BCUT2D eigenvalue weighted by molar-refractivity contribution is 7.92. The Morgan fingerprint density at radius 1 is 0.680 bits per heavy atom. The van der Waals surface area contributed by atoms with Gasteiger partial charge in [-0.3, -0.25) is 9.11 Å². The van der Waals surface area contributed by atoms with Gasteiger partial charge in [-0.1, -0.05) is 77.8 Å². The topological polar surface area (TPSA) is 109 Å². The fraction of sp³-hybridized carbons (Fsp3) is 1.00. The summed E-state index contributed by atoms with van der Waals surface area (Å²) in [5.74, 6) is -0.615. The van der Waals surface area contributed by atoms with E-state index in [9.17, 15) is 25.9 Å². The van der Waals surface area contributed by atoms with Crippen LogP contribution in [0.3, 0.4) is 0 Å². The second kappa shape index (κ2) is 8.96. The molecule has 0 bridgehead atoms. The minimum atomic E-state index is -4.49. The maximum absolute atomic E-state index is 13.0. The van der Waals surface area contributed by atoms with E-state index in [1.165, 1.54) is 0 Å². The molecule has 0 heterocycles. The summed E-state index contributed by atoms with van der Waals surface area (Å²) in [7, 11) is -14.0. The van der Waals surface area contributed by atoms with Crippen molar-refractivity contribution in [2.24, 2.45) is 0 Å². The molecule has 0 aliphatic heterocycles. The molecule has 0 spiro atoms. The zero-order valence-electron chi connectivity index (χ0n) is 16.5. The van der Waals surface area contributed by atoms with E-state index < -0.39 is 46.1 Å². The van der Waals surface area contributed by atoms with E-state index in [1.807, 2.05) is 41.5 Å². The maximum Gasteiger partial charge on any atom is 0.265 e. The minimum absolute atomic E-state index is 0.186. The maximum atomic E-state index is 13.0. The molecule has 0 unspecified atom stereocenters. The quantitative estimate of drug-likeness (QED) is 0.356. The smallest absolute Gasteiger partial charge is 0.265 e. The number of hydrogen-bond acceptors (Lipinski definition) is 4. The fourth-order valence-electron chi connectivity index (χ4n) is 5.26. The van der Waals surface area contributed by atoms with Crippen LogP contribution >= 0.6 is 0 Å². The van der Waals surface area contributed by atoms with Crippen molar-refractivity contribution < 1.29 is 25.9 Å². The lowest BCUT2D eigenvalue weighted by atomic mass is 10.5. The Morgan fingerprint density at radius 2 is 0.960 bits per heavy atom. The summed E-state index contributed by atoms with van der Waals surface area (Å²) < 4.78 is 67.5. The number of rotatable bonds is 12. The van der Waals surface area contributed by atoms with Crippen molar-refractivity contribution in [2.75, 3.05) is 5.75 Å². The highest BCUT2D eigenvalue weighted by Gasteiger charge is 2.67. The van der Waals surface area contributed by atoms with Gasteiger partial charge in [-0.05, 0) is 6.42 Å². The zero-order valence-corrected chi connectivity index (χ0v) is 20.1. The molecule has 2 N–H and O–H groups in total. The molecular formula is C15H36O6S2Si2.